The number of carbonyl (C=O) groups excluding carboxylic acids is 1. The Morgan fingerprint density at radius 1 is 1.75 bits per heavy atom. The van der Waals surface area contributed by atoms with Crippen molar-refractivity contribution in [1.82, 2.24) is 5.32 Å². The largest absolute Gasteiger partial charge is 0.350 e. The molecule has 3 N–H and O–H groups in total. The maximum Gasteiger partial charge on any atom is 0.243 e. The first kappa shape index (κ1) is 11.2. The Morgan fingerprint density at radius 3 is 2.83 bits per heavy atom. The average molecular weight is 170 g/mol. The van der Waals surface area contributed by atoms with Crippen LogP contribution < -0.4 is 11.1 Å². The van der Waals surface area contributed by atoms with Crippen molar-refractivity contribution in [2.45, 2.75) is 32.2 Å². The molecule has 1 atom stereocenters. The van der Waals surface area contributed by atoms with Gasteiger partial charge in [-0.05, 0) is 31.9 Å². The van der Waals surface area contributed by atoms with E-state index in [9.17, 15) is 4.79 Å². The number of nitrogens with two attached hydrogens (primary N) is 1. The first-order chi connectivity index (χ1) is 5.74. The lowest BCUT2D eigenvalue weighted by Gasteiger charge is -2.14. The Balaban J connectivity index is 3.66. The summed E-state index contributed by atoms with van der Waals surface area (Å²) in [6.45, 7) is 6.12. The summed E-state index contributed by atoms with van der Waals surface area (Å²) in [6, 6.07) is 0.249. The van der Waals surface area contributed by atoms with Gasteiger partial charge < -0.3 is 11.1 Å². The number of hydrogen-bond acceptors (Lipinski definition) is 2. The minimum absolute atomic E-state index is 0.0983. The van der Waals surface area contributed by atoms with Gasteiger partial charge in [-0.2, -0.15) is 0 Å². The van der Waals surface area contributed by atoms with Crippen LogP contribution in [0.25, 0.3) is 0 Å². The van der Waals surface area contributed by atoms with Crippen LogP contribution in [0.15, 0.2) is 12.7 Å². The van der Waals surface area contributed by atoms with E-state index in [2.05, 4.69) is 11.9 Å². The van der Waals surface area contributed by atoms with Crippen molar-refractivity contribution in [1.29, 1.82) is 0 Å². The third-order valence-electron chi connectivity index (χ3n) is 1.78. The SMILES string of the molecule is C=CC(=O)NC(CC)CCCN. The molecule has 0 spiro atoms. The van der Waals surface area contributed by atoms with Gasteiger partial charge in [0.2, 0.25) is 5.91 Å². The van der Waals surface area contributed by atoms with Crippen molar-refractivity contribution in [2.24, 2.45) is 5.73 Å². The van der Waals surface area contributed by atoms with Crippen LogP contribution >= 0.6 is 0 Å². The molecule has 0 aliphatic rings. The molecule has 0 aliphatic heterocycles. The van der Waals surface area contributed by atoms with Crippen molar-refractivity contribution in [2.75, 3.05) is 6.54 Å². The Hall–Kier alpha value is -0.830. The summed E-state index contributed by atoms with van der Waals surface area (Å²) in [5.74, 6) is -0.0983. The molecule has 0 bridgehead atoms. The molecule has 0 aromatic heterocycles. The molecule has 1 amide bonds. The zero-order valence-corrected chi connectivity index (χ0v) is 7.68. The highest BCUT2D eigenvalue weighted by Crippen LogP contribution is 2.00. The molecule has 0 aromatic carbocycles. The lowest BCUT2D eigenvalue weighted by atomic mass is 10.1. The second kappa shape index (κ2) is 6.85. The van der Waals surface area contributed by atoms with Gasteiger partial charge in [0.1, 0.15) is 0 Å². The molecular formula is C9H18N2O. The van der Waals surface area contributed by atoms with E-state index >= 15 is 0 Å². The third kappa shape index (κ3) is 4.91. The van der Waals surface area contributed by atoms with Gasteiger partial charge in [0.25, 0.3) is 0 Å². The molecule has 12 heavy (non-hydrogen) atoms. The highest BCUT2D eigenvalue weighted by atomic mass is 16.1. The molecule has 0 fully saturated rings. The molecule has 0 aliphatic carbocycles. The van der Waals surface area contributed by atoms with Gasteiger partial charge in [0.15, 0.2) is 0 Å². The fourth-order valence-electron chi connectivity index (χ4n) is 1.00. The normalized spacial score (nSPS) is 12.2. The fourth-order valence-corrected chi connectivity index (χ4v) is 1.00. The van der Waals surface area contributed by atoms with Gasteiger partial charge in [0, 0.05) is 6.04 Å². The minimum Gasteiger partial charge on any atom is -0.350 e. The van der Waals surface area contributed by atoms with Crippen molar-refractivity contribution in [3.8, 4) is 0 Å². The molecule has 0 rings (SSSR count). The number of nitrogens with one attached hydrogen (secondary N) is 1. The smallest absolute Gasteiger partial charge is 0.243 e. The molecule has 1 unspecified atom stereocenters. The van der Waals surface area contributed by atoms with E-state index in [1.807, 2.05) is 6.92 Å². The second-order valence-corrected chi connectivity index (χ2v) is 2.75. The van der Waals surface area contributed by atoms with Gasteiger partial charge in [-0.1, -0.05) is 13.5 Å². The van der Waals surface area contributed by atoms with Crippen molar-refractivity contribution >= 4 is 5.91 Å². The summed E-state index contributed by atoms with van der Waals surface area (Å²) in [5.41, 5.74) is 5.36. The zero-order valence-electron chi connectivity index (χ0n) is 7.68. The van der Waals surface area contributed by atoms with Crippen LogP contribution in [0.2, 0.25) is 0 Å². The first-order valence-electron chi connectivity index (χ1n) is 4.37. The number of amides is 1. The molecular weight excluding hydrogens is 152 g/mol. The minimum atomic E-state index is -0.0983. The molecule has 3 nitrogen and oxygen atoms in total. The highest BCUT2D eigenvalue weighted by molar-refractivity contribution is 5.87. The average Bonchev–Trinajstić information content (AvgIpc) is 2.11. The number of rotatable bonds is 6. The van der Waals surface area contributed by atoms with Crippen LogP contribution in [-0.4, -0.2) is 18.5 Å². The van der Waals surface area contributed by atoms with Gasteiger partial charge in [0.05, 0.1) is 0 Å². The molecule has 0 aromatic rings. The molecule has 0 saturated heterocycles. The number of carbonyl (C=O) groups is 1. The predicted molar refractivity (Wildman–Crippen MR) is 50.7 cm³/mol. The summed E-state index contributed by atoms with van der Waals surface area (Å²) >= 11 is 0. The first-order valence-corrected chi connectivity index (χ1v) is 4.37. The van der Waals surface area contributed by atoms with E-state index in [0.29, 0.717) is 6.54 Å². The molecule has 3 heteroatoms. The van der Waals surface area contributed by atoms with Crippen LogP contribution in [-0.2, 0) is 4.79 Å². The monoisotopic (exact) mass is 170 g/mol. The topological polar surface area (TPSA) is 55.1 Å². The van der Waals surface area contributed by atoms with Crippen LogP contribution in [0.3, 0.4) is 0 Å². The van der Waals surface area contributed by atoms with E-state index in [0.717, 1.165) is 19.3 Å². The maximum atomic E-state index is 10.9. The van der Waals surface area contributed by atoms with E-state index in [-0.39, 0.29) is 11.9 Å². The van der Waals surface area contributed by atoms with Crippen molar-refractivity contribution in [3.63, 3.8) is 0 Å². The summed E-state index contributed by atoms with van der Waals surface area (Å²) in [7, 11) is 0. The molecule has 0 saturated carbocycles. The fraction of sp³-hybridized carbons (Fsp3) is 0.667. The molecule has 0 radical (unpaired) electrons. The Morgan fingerprint density at radius 2 is 2.42 bits per heavy atom. The van der Waals surface area contributed by atoms with E-state index in [1.165, 1.54) is 6.08 Å². The Kier molecular flexibility index (Phi) is 6.38. The summed E-state index contributed by atoms with van der Waals surface area (Å²) in [5, 5.41) is 2.84. The van der Waals surface area contributed by atoms with Crippen molar-refractivity contribution < 1.29 is 4.79 Å². The summed E-state index contributed by atoms with van der Waals surface area (Å²) in [6.07, 6.45) is 4.15. The lowest BCUT2D eigenvalue weighted by Crippen LogP contribution is -2.33. The molecule has 0 heterocycles. The summed E-state index contributed by atoms with van der Waals surface area (Å²) < 4.78 is 0. The van der Waals surface area contributed by atoms with Crippen molar-refractivity contribution in [3.05, 3.63) is 12.7 Å². The molecule has 70 valence electrons. The van der Waals surface area contributed by atoms with E-state index < -0.39 is 0 Å². The van der Waals surface area contributed by atoms with Crippen LogP contribution in [0, 0.1) is 0 Å². The lowest BCUT2D eigenvalue weighted by molar-refractivity contribution is -0.117. The third-order valence-corrected chi connectivity index (χ3v) is 1.78. The number of hydrogen-bond donors (Lipinski definition) is 2. The van der Waals surface area contributed by atoms with Gasteiger partial charge in [-0.25, -0.2) is 0 Å². The Bertz CT molecular complexity index is 145. The predicted octanol–water partition coefficient (Wildman–Crippen LogP) is 0.806. The van der Waals surface area contributed by atoms with Gasteiger partial charge >= 0.3 is 0 Å². The zero-order chi connectivity index (χ0) is 9.40. The highest BCUT2D eigenvalue weighted by Gasteiger charge is 2.06. The quantitative estimate of drug-likeness (QED) is 0.579. The van der Waals surface area contributed by atoms with E-state index in [1.54, 1.807) is 0 Å². The standard InChI is InChI=1S/C9H18N2O/c1-3-8(6-5-7-10)11-9(12)4-2/h4,8H,2-3,5-7,10H2,1H3,(H,11,12). The summed E-state index contributed by atoms with van der Waals surface area (Å²) in [4.78, 5) is 10.9. The second-order valence-electron chi connectivity index (χ2n) is 2.75. The Labute approximate surface area is 74.0 Å². The van der Waals surface area contributed by atoms with Crippen LogP contribution in [0.4, 0.5) is 0 Å². The van der Waals surface area contributed by atoms with Gasteiger partial charge in [-0.15, -0.1) is 0 Å². The van der Waals surface area contributed by atoms with E-state index in [4.69, 9.17) is 5.73 Å². The maximum absolute atomic E-state index is 10.9. The van der Waals surface area contributed by atoms with Crippen LogP contribution in [0.1, 0.15) is 26.2 Å². The van der Waals surface area contributed by atoms with Gasteiger partial charge in [-0.3, -0.25) is 4.79 Å². The van der Waals surface area contributed by atoms with Crippen LogP contribution in [0.5, 0.6) is 0 Å².